The van der Waals surface area contributed by atoms with Crippen molar-refractivity contribution in [2.24, 2.45) is 11.8 Å². The van der Waals surface area contributed by atoms with Gasteiger partial charge in [-0.15, -0.1) is 0 Å². The van der Waals surface area contributed by atoms with E-state index in [0.717, 1.165) is 42.7 Å². The van der Waals surface area contributed by atoms with Crippen LogP contribution in [0.4, 0.5) is 5.69 Å². The van der Waals surface area contributed by atoms with Crippen molar-refractivity contribution in [2.45, 2.75) is 44.1 Å². The molecule has 3 aliphatic heterocycles. The second kappa shape index (κ2) is 11.8. The molecule has 1 atom stereocenters. The predicted octanol–water partition coefficient (Wildman–Crippen LogP) is 3.12. The van der Waals surface area contributed by atoms with Gasteiger partial charge in [0.1, 0.15) is 5.78 Å². The number of anilines is 1. The van der Waals surface area contributed by atoms with Gasteiger partial charge >= 0.3 is 0 Å². The average molecular weight is 554 g/mol. The second-order valence-corrected chi connectivity index (χ2v) is 13.2. The zero-order valence-electron chi connectivity index (χ0n) is 22.7. The molecule has 0 aromatic heterocycles. The molecule has 1 amide bonds. The molecule has 3 aliphatic rings. The minimum Gasteiger partial charge on any atom is -0.376 e. The molecule has 1 N–H and O–H groups in total. The highest BCUT2D eigenvalue weighted by atomic mass is 32.2. The number of rotatable bonds is 9. The number of ether oxygens (including phenoxy) is 1. The number of carbonyl (C=O) groups excluding carboxylic acids is 2. The number of ketones is 1. The molecule has 39 heavy (non-hydrogen) atoms. The molecule has 210 valence electrons. The summed E-state index contributed by atoms with van der Waals surface area (Å²) in [6, 6.07) is 17.6. The molecule has 9 heteroatoms. The van der Waals surface area contributed by atoms with Crippen LogP contribution >= 0.6 is 0 Å². The van der Waals surface area contributed by atoms with E-state index in [1.54, 1.807) is 0 Å². The summed E-state index contributed by atoms with van der Waals surface area (Å²) in [5.74, 6) is -0.405. The number of para-hydroxylation sites is 1. The number of benzene rings is 2. The van der Waals surface area contributed by atoms with E-state index >= 15 is 0 Å². The first kappa shape index (κ1) is 27.8. The molecule has 0 aliphatic carbocycles. The van der Waals surface area contributed by atoms with Crippen LogP contribution in [0.1, 0.15) is 43.2 Å². The minimum absolute atomic E-state index is 0.00253. The Morgan fingerprint density at radius 3 is 2.38 bits per heavy atom. The number of nitrogens with one attached hydrogen (secondary N) is 1. The van der Waals surface area contributed by atoms with Gasteiger partial charge in [0.15, 0.2) is 0 Å². The Morgan fingerprint density at radius 1 is 1.03 bits per heavy atom. The van der Waals surface area contributed by atoms with Gasteiger partial charge in [-0.2, -0.15) is 0 Å². The number of piperidine rings is 2. The van der Waals surface area contributed by atoms with Crippen LogP contribution < -0.4 is 9.62 Å². The Hall–Kier alpha value is -2.75. The maximum absolute atomic E-state index is 13.8. The van der Waals surface area contributed by atoms with Crippen LogP contribution in [0, 0.1) is 11.8 Å². The summed E-state index contributed by atoms with van der Waals surface area (Å²) >= 11 is 0. The van der Waals surface area contributed by atoms with E-state index in [1.165, 1.54) is 10.6 Å². The van der Waals surface area contributed by atoms with E-state index < -0.39 is 15.9 Å². The highest BCUT2D eigenvalue weighted by molar-refractivity contribution is 7.92. The lowest BCUT2D eigenvalue weighted by Gasteiger charge is -2.41. The first-order valence-corrected chi connectivity index (χ1v) is 15.8. The Kier molecular flexibility index (Phi) is 8.40. The zero-order valence-corrected chi connectivity index (χ0v) is 23.5. The topological polar surface area (TPSA) is 96.0 Å². The number of amides is 1. The average Bonchev–Trinajstić information content (AvgIpc) is 3.28. The summed E-state index contributed by atoms with van der Waals surface area (Å²) in [6.07, 6.45) is 4.44. The van der Waals surface area contributed by atoms with Crippen LogP contribution in [-0.2, 0) is 36.4 Å². The molecule has 0 radical (unpaired) electrons. The van der Waals surface area contributed by atoms with Crippen molar-refractivity contribution >= 4 is 27.4 Å². The number of sulfonamides is 1. The van der Waals surface area contributed by atoms with Gasteiger partial charge in [-0.25, -0.2) is 8.42 Å². The molecular weight excluding hydrogens is 514 g/mol. The van der Waals surface area contributed by atoms with Crippen molar-refractivity contribution in [2.75, 3.05) is 49.9 Å². The van der Waals surface area contributed by atoms with Gasteiger partial charge in [-0.3, -0.25) is 13.9 Å². The lowest BCUT2D eigenvalue weighted by molar-refractivity contribution is -0.142. The predicted molar refractivity (Wildman–Crippen MR) is 151 cm³/mol. The molecule has 3 heterocycles. The zero-order chi connectivity index (χ0) is 27.5. The number of hydrogen-bond acceptors (Lipinski definition) is 6. The van der Waals surface area contributed by atoms with Crippen molar-refractivity contribution in [3.63, 3.8) is 0 Å². The number of likely N-dealkylation sites (tertiary alicyclic amines) is 1. The lowest BCUT2D eigenvalue weighted by atomic mass is 9.74. The van der Waals surface area contributed by atoms with Crippen LogP contribution in [0.3, 0.4) is 0 Å². The molecule has 2 fully saturated rings. The van der Waals surface area contributed by atoms with E-state index in [9.17, 15) is 18.0 Å². The van der Waals surface area contributed by atoms with Gasteiger partial charge in [0, 0.05) is 37.4 Å². The van der Waals surface area contributed by atoms with Gasteiger partial charge in [-0.1, -0.05) is 48.5 Å². The number of fused-ring (bicyclic) bond motifs is 2. The quantitative estimate of drug-likeness (QED) is 0.513. The molecule has 0 bridgehead atoms. The van der Waals surface area contributed by atoms with E-state index in [2.05, 4.69) is 5.32 Å². The van der Waals surface area contributed by atoms with Crippen molar-refractivity contribution in [1.82, 2.24) is 10.2 Å². The Balaban J connectivity index is 1.27. The number of nitrogens with zero attached hydrogens (tertiary/aromatic N) is 2. The summed E-state index contributed by atoms with van der Waals surface area (Å²) in [7, 11) is -3.40. The first-order chi connectivity index (χ1) is 18.8. The van der Waals surface area contributed by atoms with Crippen LogP contribution in [-0.4, -0.2) is 70.6 Å². The molecule has 1 spiro atoms. The number of carbonyl (C=O) groups is 2. The monoisotopic (exact) mass is 553 g/mol. The third-order valence-corrected chi connectivity index (χ3v) is 9.77. The molecule has 8 nitrogen and oxygen atoms in total. The van der Waals surface area contributed by atoms with Gasteiger partial charge < -0.3 is 15.0 Å². The van der Waals surface area contributed by atoms with E-state index in [-0.39, 0.29) is 36.1 Å². The SMILES string of the molecule is CS(=O)(=O)N1CC2(CCN(C(=O)[C@@H](COCc3ccccc3)CC(=O)C3CCNCC3)CC2)c2ccccc21. The van der Waals surface area contributed by atoms with E-state index in [0.29, 0.717) is 39.1 Å². The molecule has 2 aromatic rings. The van der Waals surface area contributed by atoms with Crippen LogP contribution in [0.2, 0.25) is 0 Å². The Morgan fingerprint density at radius 2 is 1.69 bits per heavy atom. The highest BCUT2D eigenvalue weighted by Gasteiger charge is 2.48. The summed E-state index contributed by atoms with van der Waals surface area (Å²) in [5, 5.41) is 3.30. The standard InChI is InChI=1S/C30H39N3O5S/c1-39(36,37)33-22-30(26-9-5-6-10-27(26)33)13-17-32(18-14-30)29(35)25(19-28(34)24-11-15-31-16-12-24)21-38-20-23-7-3-2-4-8-23/h2-10,24-25,31H,11-22H2,1H3/t25-/m1/s1. The second-order valence-electron chi connectivity index (χ2n) is 11.3. The van der Waals surface area contributed by atoms with Gasteiger partial charge in [-0.05, 0) is 56.0 Å². The third kappa shape index (κ3) is 6.21. The fourth-order valence-electron chi connectivity index (χ4n) is 6.39. The fraction of sp³-hybridized carbons (Fsp3) is 0.533. The first-order valence-electron chi connectivity index (χ1n) is 14.0. The molecule has 0 unspecified atom stereocenters. The smallest absolute Gasteiger partial charge is 0.232 e. The third-order valence-electron chi connectivity index (χ3n) is 8.64. The Labute approximate surface area is 231 Å². The molecule has 0 saturated carbocycles. The van der Waals surface area contributed by atoms with E-state index in [4.69, 9.17) is 4.74 Å². The lowest BCUT2D eigenvalue weighted by Crippen LogP contribution is -2.50. The van der Waals surface area contributed by atoms with Gasteiger partial charge in [0.25, 0.3) is 0 Å². The molecule has 5 rings (SSSR count). The summed E-state index contributed by atoms with van der Waals surface area (Å²) in [5.41, 5.74) is 2.52. The van der Waals surface area contributed by atoms with E-state index in [1.807, 2.05) is 59.5 Å². The van der Waals surface area contributed by atoms with Crippen molar-refractivity contribution in [1.29, 1.82) is 0 Å². The summed E-state index contributed by atoms with van der Waals surface area (Å²) < 4.78 is 32.6. The maximum Gasteiger partial charge on any atom is 0.232 e. The summed E-state index contributed by atoms with van der Waals surface area (Å²) in [4.78, 5) is 28.9. The molecular formula is C30H39N3O5S. The molecule has 2 saturated heterocycles. The summed E-state index contributed by atoms with van der Waals surface area (Å²) in [6.45, 7) is 3.73. The van der Waals surface area contributed by atoms with Crippen molar-refractivity contribution in [3.8, 4) is 0 Å². The number of Topliss-reactive ketones (excluding diaryl/α,β-unsaturated/α-hetero) is 1. The van der Waals surface area contributed by atoms with Crippen LogP contribution in [0.15, 0.2) is 54.6 Å². The van der Waals surface area contributed by atoms with Gasteiger partial charge in [0.05, 0.1) is 31.1 Å². The van der Waals surface area contributed by atoms with Crippen LogP contribution in [0.25, 0.3) is 0 Å². The fourth-order valence-corrected chi connectivity index (χ4v) is 7.38. The van der Waals surface area contributed by atoms with Crippen molar-refractivity contribution < 1.29 is 22.7 Å². The Bertz CT molecular complexity index is 1270. The largest absolute Gasteiger partial charge is 0.376 e. The highest BCUT2D eigenvalue weighted by Crippen LogP contribution is 2.48. The normalized spacial score (nSPS) is 20.1. The maximum atomic E-state index is 13.8. The molecule has 2 aromatic carbocycles. The minimum atomic E-state index is -3.40. The van der Waals surface area contributed by atoms with Gasteiger partial charge in [0.2, 0.25) is 15.9 Å². The number of hydrogen-bond donors (Lipinski definition) is 1. The van der Waals surface area contributed by atoms with Crippen LogP contribution in [0.5, 0.6) is 0 Å². The van der Waals surface area contributed by atoms with Crippen molar-refractivity contribution in [3.05, 3.63) is 65.7 Å².